The van der Waals surface area contributed by atoms with Gasteiger partial charge in [-0.3, -0.25) is 14.5 Å². The van der Waals surface area contributed by atoms with Crippen molar-refractivity contribution in [2.45, 2.75) is 44.9 Å². The van der Waals surface area contributed by atoms with Crippen LogP contribution >= 0.6 is 0 Å². The number of nitriles is 1. The molecule has 2 fully saturated rings. The normalized spacial score (nSPS) is 26.8. The molecule has 0 bridgehead atoms. The monoisotopic (exact) mass is 326 g/mol. The number of carbonyl (C=O) groups is 2. The molecule has 2 heterocycles. The molecule has 6 nitrogen and oxygen atoms in total. The fourth-order valence-electron chi connectivity index (χ4n) is 3.75. The number of hydrogen-bond acceptors (Lipinski definition) is 4. The summed E-state index contributed by atoms with van der Waals surface area (Å²) in [5.74, 6) is 0.0704. The first-order valence-electron chi connectivity index (χ1n) is 8.28. The van der Waals surface area contributed by atoms with E-state index in [1.54, 1.807) is 6.07 Å². The van der Waals surface area contributed by atoms with Crippen molar-refractivity contribution in [3.05, 3.63) is 35.4 Å². The minimum Gasteiger partial charge on any atom is -0.352 e. The van der Waals surface area contributed by atoms with Crippen LogP contribution in [0.3, 0.4) is 0 Å². The quantitative estimate of drug-likeness (QED) is 0.894. The molecule has 2 aliphatic rings. The SMILES string of the molecule is CC(=O)N[C@H]1C[C@H]2CN(Cc3cccc(C#N)c3)[C@@H](C)C(=O)N2C1. The van der Waals surface area contributed by atoms with Gasteiger partial charge in [-0.15, -0.1) is 0 Å². The number of fused-ring (bicyclic) bond motifs is 1. The van der Waals surface area contributed by atoms with Crippen LogP contribution in [0.5, 0.6) is 0 Å². The Bertz CT molecular complexity index is 697. The van der Waals surface area contributed by atoms with Crippen LogP contribution in [0.1, 0.15) is 31.4 Å². The standard InChI is InChI=1S/C18H22N4O2/c1-12-18(24)22-10-16(20-13(2)23)7-17(22)11-21(12)9-15-5-3-4-14(6-15)8-19/h3-6,12,16-17H,7,9-11H2,1-2H3,(H,20,23)/t12-,16-,17-/m0/s1. The van der Waals surface area contributed by atoms with Crippen LogP contribution in [0.2, 0.25) is 0 Å². The van der Waals surface area contributed by atoms with Crippen molar-refractivity contribution >= 4 is 11.8 Å². The number of amides is 2. The average Bonchev–Trinajstić information content (AvgIpc) is 2.94. The Kier molecular flexibility index (Phi) is 4.54. The number of benzene rings is 1. The Morgan fingerprint density at radius 3 is 2.92 bits per heavy atom. The summed E-state index contributed by atoms with van der Waals surface area (Å²) in [5.41, 5.74) is 1.68. The molecule has 0 aliphatic carbocycles. The van der Waals surface area contributed by atoms with E-state index in [0.29, 0.717) is 18.7 Å². The van der Waals surface area contributed by atoms with Crippen LogP contribution in [-0.2, 0) is 16.1 Å². The maximum absolute atomic E-state index is 12.7. The van der Waals surface area contributed by atoms with Gasteiger partial charge in [0, 0.05) is 38.6 Å². The third kappa shape index (κ3) is 3.26. The number of hydrogen-bond donors (Lipinski definition) is 1. The minimum atomic E-state index is -0.192. The summed E-state index contributed by atoms with van der Waals surface area (Å²) in [6.07, 6.45) is 0.798. The minimum absolute atomic E-state index is 0.0468. The van der Waals surface area contributed by atoms with E-state index >= 15 is 0 Å². The molecule has 2 aliphatic heterocycles. The lowest BCUT2D eigenvalue weighted by atomic mass is 10.0. The molecule has 0 spiro atoms. The van der Waals surface area contributed by atoms with Gasteiger partial charge in [0.1, 0.15) is 0 Å². The number of nitrogens with one attached hydrogen (secondary N) is 1. The molecule has 3 rings (SSSR count). The van der Waals surface area contributed by atoms with Crippen molar-refractivity contribution in [1.82, 2.24) is 15.1 Å². The van der Waals surface area contributed by atoms with Gasteiger partial charge >= 0.3 is 0 Å². The third-order valence-electron chi connectivity index (χ3n) is 4.90. The van der Waals surface area contributed by atoms with Gasteiger partial charge in [0.2, 0.25) is 11.8 Å². The molecule has 0 radical (unpaired) electrons. The predicted molar refractivity (Wildman–Crippen MR) is 88.8 cm³/mol. The number of carbonyl (C=O) groups excluding carboxylic acids is 2. The summed E-state index contributed by atoms with van der Waals surface area (Å²) in [6, 6.07) is 9.67. The van der Waals surface area contributed by atoms with Crippen molar-refractivity contribution < 1.29 is 9.59 Å². The second kappa shape index (κ2) is 6.62. The fraction of sp³-hybridized carbons (Fsp3) is 0.500. The van der Waals surface area contributed by atoms with Crippen LogP contribution in [0.25, 0.3) is 0 Å². The maximum atomic E-state index is 12.7. The summed E-state index contributed by atoms with van der Waals surface area (Å²) in [4.78, 5) is 28.0. The molecule has 1 aromatic carbocycles. The summed E-state index contributed by atoms with van der Waals surface area (Å²) < 4.78 is 0. The van der Waals surface area contributed by atoms with Gasteiger partial charge in [0.15, 0.2) is 0 Å². The first-order chi connectivity index (χ1) is 11.5. The molecular formula is C18H22N4O2. The van der Waals surface area contributed by atoms with Gasteiger partial charge in [0.05, 0.1) is 17.7 Å². The molecule has 24 heavy (non-hydrogen) atoms. The molecule has 126 valence electrons. The van der Waals surface area contributed by atoms with E-state index in [-0.39, 0.29) is 29.9 Å². The second-order valence-electron chi connectivity index (χ2n) is 6.70. The average molecular weight is 326 g/mol. The van der Waals surface area contributed by atoms with Gasteiger partial charge in [-0.25, -0.2) is 0 Å². The molecule has 3 atom stereocenters. The van der Waals surface area contributed by atoms with Crippen molar-refractivity contribution in [1.29, 1.82) is 5.26 Å². The van der Waals surface area contributed by atoms with Gasteiger partial charge in [-0.05, 0) is 31.0 Å². The summed E-state index contributed by atoms with van der Waals surface area (Å²) in [5, 5.41) is 12.0. The Balaban J connectivity index is 1.71. The summed E-state index contributed by atoms with van der Waals surface area (Å²) in [6.45, 7) is 5.48. The molecule has 1 N–H and O–H groups in total. The lowest BCUT2D eigenvalue weighted by Gasteiger charge is -2.41. The summed E-state index contributed by atoms with van der Waals surface area (Å²) >= 11 is 0. The van der Waals surface area contributed by atoms with Crippen LogP contribution < -0.4 is 5.32 Å². The van der Waals surface area contributed by atoms with Gasteiger partial charge < -0.3 is 10.2 Å². The molecule has 0 saturated carbocycles. The van der Waals surface area contributed by atoms with E-state index in [1.807, 2.05) is 30.0 Å². The van der Waals surface area contributed by atoms with Gasteiger partial charge in [-0.1, -0.05) is 12.1 Å². The zero-order chi connectivity index (χ0) is 17.3. The van der Waals surface area contributed by atoms with Crippen LogP contribution in [0, 0.1) is 11.3 Å². The van der Waals surface area contributed by atoms with Crippen molar-refractivity contribution in [3.8, 4) is 6.07 Å². The molecule has 2 amide bonds. The number of nitrogens with zero attached hydrogens (tertiary/aromatic N) is 3. The van der Waals surface area contributed by atoms with Crippen molar-refractivity contribution in [2.24, 2.45) is 0 Å². The Morgan fingerprint density at radius 1 is 1.42 bits per heavy atom. The lowest BCUT2D eigenvalue weighted by Crippen LogP contribution is -2.58. The molecule has 1 aromatic rings. The molecule has 2 saturated heterocycles. The van der Waals surface area contributed by atoms with Crippen molar-refractivity contribution in [2.75, 3.05) is 13.1 Å². The highest BCUT2D eigenvalue weighted by Gasteiger charge is 2.43. The Morgan fingerprint density at radius 2 is 2.21 bits per heavy atom. The van der Waals surface area contributed by atoms with E-state index in [4.69, 9.17) is 5.26 Å². The second-order valence-corrected chi connectivity index (χ2v) is 6.70. The number of piperazine rings is 1. The summed E-state index contributed by atoms with van der Waals surface area (Å²) in [7, 11) is 0. The number of rotatable bonds is 3. The van der Waals surface area contributed by atoms with Crippen LogP contribution in [0.15, 0.2) is 24.3 Å². The maximum Gasteiger partial charge on any atom is 0.240 e. The predicted octanol–water partition coefficient (Wildman–Crippen LogP) is 0.868. The van der Waals surface area contributed by atoms with Crippen LogP contribution in [-0.4, -0.2) is 52.8 Å². The molecule has 0 aromatic heterocycles. The first-order valence-corrected chi connectivity index (χ1v) is 8.28. The zero-order valence-corrected chi connectivity index (χ0v) is 14.0. The fourth-order valence-corrected chi connectivity index (χ4v) is 3.75. The van der Waals surface area contributed by atoms with Gasteiger partial charge in [-0.2, -0.15) is 5.26 Å². The highest BCUT2D eigenvalue weighted by Crippen LogP contribution is 2.27. The topological polar surface area (TPSA) is 76.4 Å². The highest BCUT2D eigenvalue weighted by atomic mass is 16.2. The third-order valence-corrected chi connectivity index (χ3v) is 4.90. The molecular weight excluding hydrogens is 304 g/mol. The Hall–Kier alpha value is -2.39. The largest absolute Gasteiger partial charge is 0.352 e. The zero-order valence-electron chi connectivity index (χ0n) is 14.0. The van der Waals surface area contributed by atoms with E-state index in [2.05, 4.69) is 16.3 Å². The van der Waals surface area contributed by atoms with E-state index in [1.165, 1.54) is 6.92 Å². The highest BCUT2D eigenvalue weighted by molar-refractivity contribution is 5.83. The molecule has 6 heteroatoms. The van der Waals surface area contributed by atoms with E-state index in [9.17, 15) is 9.59 Å². The lowest BCUT2D eigenvalue weighted by molar-refractivity contribution is -0.143. The Labute approximate surface area is 142 Å². The van der Waals surface area contributed by atoms with E-state index in [0.717, 1.165) is 18.5 Å². The van der Waals surface area contributed by atoms with Gasteiger partial charge in [0.25, 0.3) is 0 Å². The van der Waals surface area contributed by atoms with Crippen LogP contribution in [0.4, 0.5) is 0 Å². The van der Waals surface area contributed by atoms with Crippen molar-refractivity contribution in [3.63, 3.8) is 0 Å². The first kappa shape index (κ1) is 16.5. The molecule has 0 unspecified atom stereocenters. The van der Waals surface area contributed by atoms with E-state index < -0.39 is 0 Å². The smallest absolute Gasteiger partial charge is 0.240 e.